The van der Waals surface area contributed by atoms with Crippen LogP contribution in [0.5, 0.6) is 0 Å². The number of aliphatic hydroxyl groups is 1. The van der Waals surface area contributed by atoms with Crippen molar-refractivity contribution in [2.24, 2.45) is 0 Å². The molecule has 2 aromatic heterocycles. The third kappa shape index (κ3) is 5.52. The summed E-state index contributed by atoms with van der Waals surface area (Å²) in [5, 5.41) is 13.9. The molecule has 0 saturated carbocycles. The van der Waals surface area contributed by atoms with E-state index in [1.165, 1.54) is 0 Å². The van der Waals surface area contributed by atoms with Crippen molar-refractivity contribution in [1.29, 1.82) is 0 Å². The molecule has 1 aromatic carbocycles. The number of pyridine rings is 2. The molecule has 3 atom stereocenters. The highest BCUT2D eigenvalue weighted by Crippen LogP contribution is 2.23. The number of aromatic nitrogens is 2. The van der Waals surface area contributed by atoms with Gasteiger partial charge in [-0.05, 0) is 36.4 Å². The first-order valence-corrected chi connectivity index (χ1v) is 10.4. The van der Waals surface area contributed by atoms with Crippen LogP contribution in [0.25, 0.3) is 0 Å². The van der Waals surface area contributed by atoms with E-state index in [2.05, 4.69) is 20.2 Å². The zero-order chi connectivity index (χ0) is 21.5. The maximum Gasteiger partial charge on any atom is 0.251 e. The lowest BCUT2D eigenvalue weighted by Gasteiger charge is -2.30. The molecular formula is C24H26N4O3. The maximum atomic E-state index is 12.3. The number of aliphatic hydroxyl groups excluding tert-OH is 1. The Labute approximate surface area is 181 Å². The summed E-state index contributed by atoms with van der Waals surface area (Å²) >= 11 is 0. The van der Waals surface area contributed by atoms with E-state index in [4.69, 9.17) is 4.74 Å². The van der Waals surface area contributed by atoms with Crippen LogP contribution in [-0.2, 0) is 17.8 Å². The monoisotopic (exact) mass is 418 g/mol. The van der Waals surface area contributed by atoms with Crippen LogP contribution in [0.1, 0.15) is 21.7 Å². The van der Waals surface area contributed by atoms with Gasteiger partial charge in [-0.15, -0.1) is 0 Å². The smallest absolute Gasteiger partial charge is 0.251 e. The Morgan fingerprint density at radius 2 is 1.58 bits per heavy atom. The lowest BCUT2D eigenvalue weighted by atomic mass is 10.1. The Kier molecular flexibility index (Phi) is 6.99. The summed E-state index contributed by atoms with van der Waals surface area (Å²) in [5.74, 6) is -0.182. The number of rotatable bonds is 8. The van der Waals surface area contributed by atoms with Crippen molar-refractivity contribution in [2.75, 3.05) is 13.2 Å². The molecule has 1 amide bonds. The van der Waals surface area contributed by atoms with Gasteiger partial charge in [0.2, 0.25) is 0 Å². The summed E-state index contributed by atoms with van der Waals surface area (Å²) < 4.78 is 5.87. The van der Waals surface area contributed by atoms with Crippen molar-refractivity contribution in [3.63, 3.8) is 0 Å². The first-order valence-electron chi connectivity index (χ1n) is 10.4. The number of nitrogens with one attached hydrogen (secondary N) is 1. The zero-order valence-corrected chi connectivity index (χ0v) is 17.2. The van der Waals surface area contributed by atoms with Gasteiger partial charge >= 0.3 is 0 Å². The summed E-state index contributed by atoms with van der Waals surface area (Å²) in [7, 11) is 0. The van der Waals surface area contributed by atoms with Crippen molar-refractivity contribution < 1.29 is 14.6 Å². The molecule has 1 aliphatic heterocycles. The molecule has 7 nitrogen and oxygen atoms in total. The van der Waals surface area contributed by atoms with Crippen LogP contribution < -0.4 is 5.32 Å². The van der Waals surface area contributed by atoms with Gasteiger partial charge in [-0.1, -0.05) is 30.3 Å². The highest BCUT2D eigenvalue weighted by atomic mass is 16.5. The molecule has 0 spiro atoms. The van der Waals surface area contributed by atoms with E-state index >= 15 is 0 Å². The number of ether oxygens (including phenoxy) is 1. The quantitative estimate of drug-likeness (QED) is 0.582. The topological polar surface area (TPSA) is 87.6 Å². The van der Waals surface area contributed by atoms with Crippen LogP contribution in [0.15, 0.2) is 79.1 Å². The van der Waals surface area contributed by atoms with E-state index in [-0.39, 0.29) is 18.5 Å². The lowest BCUT2D eigenvalue weighted by Crippen LogP contribution is -2.46. The number of benzene rings is 1. The second kappa shape index (κ2) is 10.3. The molecule has 7 heteroatoms. The lowest BCUT2D eigenvalue weighted by molar-refractivity contribution is 0.0296. The summed E-state index contributed by atoms with van der Waals surface area (Å²) in [5.41, 5.74) is 2.40. The molecule has 1 fully saturated rings. The minimum Gasteiger partial charge on any atom is -0.389 e. The molecule has 31 heavy (non-hydrogen) atoms. The van der Waals surface area contributed by atoms with Gasteiger partial charge in [0.1, 0.15) is 6.10 Å². The first-order chi connectivity index (χ1) is 15.2. The molecule has 0 radical (unpaired) electrons. The number of nitrogens with zero attached hydrogens (tertiary/aromatic N) is 3. The number of carbonyl (C=O) groups excluding carboxylic acids is 1. The fourth-order valence-electron chi connectivity index (χ4n) is 3.74. The molecule has 1 saturated heterocycles. The van der Waals surface area contributed by atoms with Crippen molar-refractivity contribution in [2.45, 2.75) is 31.3 Å². The fourth-order valence-corrected chi connectivity index (χ4v) is 3.74. The highest BCUT2D eigenvalue weighted by molar-refractivity contribution is 5.94. The van der Waals surface area contributed by atoms with Gasteiger partial charge in [0.05, 0.1) is 30.1 Å². The van der Waals surface area contributed by atoms with Crippen LogP contribution in [0.3, 0.4) is 0 Å². The van der Waals surface area contributed by atoms with Crippen LogP contribution in [0.2, 0.25) is 0 Å². The van der Waals surface area contributed by atoms with Gasteiger partial charge < -0.3 is 15.2 Å². The second-order valence-corrected chi connectivity index (χ2v) is 7.55. The molecule has 0 unspecified atom stereocenters. The van der Waals surface area contributed by atoms with Crippen LogP contribution in [-0.4, -0.2) is 57.3 Å². The number of amides is 1. The molecule has 160 valence electrons. The standard InChI is InChI=1S/C24H26N4O3/c29-23-21(17-31-22(23)14-27-24(30)18-8-2-1-3-9-18)28(15-19-10-4-6-12-25-19)16-20-11-5-7-13-26-20/h1-13,21-23,29H,14-17H2,(H,27,30)/t21-,22-,23+/m1/s1. The largest absolute Gasteiger partial charge is 0.389 e. The predicted octanol–water partition coefficient (Wildman–Crippen LogP) is 2.04. The Bertz CT molecular complexity index is 915. The average molecular weight is 418 g/mol. The predicted molar refractivity (Wildman–Crippen MR) is 116 cm³/mol. The minimum atomic E-state index is -0.747. The van der Waals surface area contributed by atoms with E-state index in [0.717, 1.165) is 11.4 Å². The summed E-state index contributed by atoms with van der Waals surface area (Å²) in [6.07, 6.45) is 2.30. The van der Waals surface area contributed by atoms with Crippen molar-refractivity contribution in [1.82, 2.24) is 20.2 Å². The van der Waals surface area contributed by atoms with Crippen molar-refractivity contribution in [3.05, 3.63) is 96.1 Å². The maximum absolute atomic E-state index is 12.3. The molecule has 0 aliphatic carbocycles. The van der Waals surface area contributed by atoms with Gasteiger partial charge in [-0.25, -0.2) is 0 Å². The van der Waals surface area contributed by atoms with E-state index in [1.54, 1.807) is 24.5 Å². The van der Waals surface area contributed by atoms with Gasteiger partial charge in [0, 0.05) is 37.6 Å². The fraction of sp³-hybridized carbons (Fsp3) is 0.292. The Morgan fingerprint density at radius 3 is 2.16 bits per heavy atom. The SMILES string of the molecule is O=C(NC[C@H]1OC[C@@H](N(Cc2ccccn2)Cc2ccccn2)[C@@H]1O)c1ccccc1. The third-order valence-corrected chi connectivity index (χ3v) is 5.41. The van der Waals surface area contributed by atoms with Crippen LogP contribution >= 0.6 is 0 Å². The molecular weight excluding hydrogens is 392 g/mol. The molecule has 4 rings (SSSR count). The van der Waals surface area contributed by atoms with Gasteiger partial charge in [-0.3, -0.25) is 19.7 Å². The highest BCUT2D eigenvalue weighted by Gasteiger charge is 2.39. The van der Waals surface area contributed by atoms with Gasteiger partial charge in [0.25, 0.3) is 5.91 Å². The normalized spacial score (nSPS) is 20.6. The van der Waals surface area contributed by atoms with Crippen LogP contribution in [0, 0.1) is 0 Å². The number of hydrogen-bond acceptors (Lipinski definition) is 6. The third-order valence-electron chi connectivity index (χ3n) is 5.41. The number of carbonyl (C=O) groups is 1. The molecule has 3 aromatic rings. The number of hydrogen-bond donors (Lipinski definition) is 2. The van der Waals surface area contributed by atoms with Crippen molar-refractivity contribution in [3.8, 4) is 0 Å². The summed E-state index contributed by atoms with van der Waals surface area (Å²) in [4.78, 5) is 23.3. The zero-order valence-electron chi connectivity index (χ0n) is 17.2. The summed E-state index contributed by atoms with van der Waals surface area (Å²) in [6, 6.07) is 20.4. The Morgan fingerprint density at radius 1 is 0.968 bits per heavy atom. The van der Waals surface area contributed by atoms with Crippen LogP contribution in [0.4, 0.5) is 0 Å². The molecule has 0 bridgehead atoms. The summed E-state index contributed by atoms with van der Waals surface area (Å²) in [6.45, 7) is 1.73. The molecule has 3 heterocycles. The second-order valence-electron chi connectivity index (χ2n) is 7.55. The van der Waals surface area contributed by atoms with Gasteiger partial charge in [-0.2, -0.15) is 0 Å². The van der Waals surface area contributed by atoms with Crippen molar-refractivity contribution >= 4 is 5.91 Å². The average Bonchev–Trinajstić information content (AvgIpc) is 3.19. The minimum absolute atomic E-state index is 0.182. The Balaban J connectivity index is 1.42. The first kappa shape index (κ1) is 21.1. The Hall–Kier alpha value is -3.13. The molecule has 1 aliphatic rings. The van der Waals surface area contributed by atoms with E-state index in [1.807, 2.05) is 54.6 Å². The van der Waals surface area contributed by atoms with E-state index < -0.39 is 12.2 Å². The van der Waals surface area contributed by atoms with E-state index in [9.17, 15) is 9.90 Å². The van der Waals surface area contributed by atoms with E-state index in [0.29, 0.717) is 25.3 Å². The van der Waals surface area contributed by atoms with Gasteiger partial charge in [0.15, 0.2) is 0 Å². The molecule has 2 N–H and O–H groups in total.